The Hall–Kier alpha value is -1.62. The van der Waals surface area contributed by atoms with E-state index in [9.17, 15) is 4.79 Å². The van der Waals surface area contributed by atoms with Crippen LogP contribution in [0.3, 0.4) is 0 Å². The van der Waals surface area contributed by atoms with E-state index < -0.39 is 0 Å². The first-order valence-electron chi connectivity index (χ1n) is 4.73. The van der Waals surface area contributed by atoms with Crippen molar-refractivity contribution in [1.29, 1.82) is 0 Å². The fourth-order valence-electron chi connectivity index (χ4n) is 1.07. The molecular formula is C11H13NO3S. The quantitative estimate of drug-likeness (QED) is 0.619. The van der Waals surface area contributed by atoms with E-state index in [1.807, 2.05) is 0 Å². The number of benzene rings is 1. The van der Waals surface area contributed by atoms with E-state index in [-0.39, 0.29) is 12.4 Å². The lowest BCUT2D eigenvalue weighted by molar-refractivity contribution is -0.141. The highest BCUT2D eigenvalue weighted by Gasteiger charge is 2.01. The number of ether oxygens (including phenoxy) is 2. The highest BCUT2D eigenvalue weighted by molar-refractivity contribution is 7.80. The zero-order chi connectivity index (χ0) is 12.0. The van der Waals surface area contributed by atoms with Crippen molar-refractivity contribution in [3.63, 3.8) is 0 Å². The zero-order valence-electron chi connectivity index (χ0n) is 8.93. The number of nitrogens with two attached hydrogens (primary N) is 1. The van der Waals surface area contributed by atoms with Crippen molar-refractivity contribution < 1.29 is 14.3 Å². The molecule has 0 heterocycles. The molecule has 0 aliphatic heterocycles. The molecule has 5 heteroatoms. The molecule has 0 spiro atoms. The van der Waals surface area contributed by atoms with Gasteiger partial charge in [0.05, 0.1) is 20.1 Å². The van der Waals surface area contributed by atoms with Crippen molar-refractivity contribution in [2.45, 2.75) is 6.42 Å². The molecule has 0 bridgehead atoms. The number of esters is 1. The van der Waals surface area contributed by atoms with Gasteiger partial charge in [0.15, 0.2) is 0 Å². The van der Waals surface area contributed by atoms with Crippen LogP contribution >= 0.6 is 12.2 Å². The van der Waals surface area contributed by atoms with Crippen molar-refractivity contribution in [3.8, 4) is 5.75 Å². The summed E-state index contributed by atoms with van der Waals surface area (Å²) in [6, 6.07) is 7.06. The molecule has 2 N–H and O–H groups in total. The Morgan fingerprint density at radius 1 is 1.38 bits per heavy atom. The molecule has 0 aliphatic carbocycles. The Morgan fingerprint density at radius 3 is 2.50 bits per heavy atom. The van der Waals surface area contributed by atoms with Crippen LogP contribution in [0.1, 0.15) is 12.0 Å². The lowest BCUT2D eigenvalue weighted by Gasteiger charge is -2.05. The largest absolute Gasteiger partial charge is 0.493 e. The first kappa shape index (κ1) is 12.4. The number of rotatable bonds is 5. The van der Waals surface area contributed by atoms with Gasteiger partial charge in [-0.3, -0.25) is 4.79 Å². The van der Waals surface area contributed by atoms with Crippen LogP contribution in [0.15, 0.2) is 24.3 Å². The molecule has 0 aliphatic rings. The first-order valence-corrected chi connectivity index (χ1v) is 5.14. The van der Waals surface area contributed by atoms with Gasteiger partial charge >= 0.3 is 5.97 Å². The molecule has 0 atom stereocenters. The molecule has 0 amide bonds. The second-order valence-electron chi connectivity index (χ2n) is 3.06. The normalized spacial score (nSPS) is 9.56. The Bertz CT molecular complexity index is 375. The molecule has 0 aromatic heterocycles. The van der Waals surface area contributed by atoms with E-state index in [1.54, 1.807) is 24.3 Å². The summed E-state index contributed by atoms with van der Waals surface area (Å²) in [5.41, 5.74) is 6.24. The highest BCUT2D eigenvalue weighted by atomic mass is 32.1. The Labute approximate surface area is 99.3 Å². The van der Waals surface area contributed by atoms with Crippen LogP contribution in [0, 0.1) is 0 Å². The maximum atomic E-state index is 10.8. The van der Waals surface area contributed by atoms with Crippen molar-refractivity contribution >= 4 is 23.2 Å². The Morgan fingerprint density at radius 2 is 2.00 bits per heavy atom. The Balaban J connectivity index is 2.43. The molecule has 4 nitrogen and oxygen atoms in total. The summed E-state index contributed by atoms with van der Waals surface area (Å²) in [5, 5.41) is 0. The summed E-state index contributed by atoms with van der Waals surface area (Å²) in [7, 11) is 1.35. The molecule has 0 saturated carbocycles. The number of carbonyl (C=O) groups excluding carboxylic acids is 1. The van der Waals surface area contributed by atoms with Crippen LogP contribution in [0.2, 0.25) is 0 Å². The summed E-state index contributed by atoms with van der Waals surface area (Å²) < 4.78 is 9.81. The van der Waals surface area contributed by atoms with Crippen molar-refractivity contribution in [2.75, 3.05) is 13.7 Å². The predicted molar refractivity (Wildman–Crippen MR) is 64.5 cm³/mol. The molecule has 0 unspecified atom stereocenters. The third kappa shape index (κ3) is 3.86. The molecular weight excluding hydrogens is 226 g/mol. The second kappa shape index (κ2) is 6.07. The van der Waals surface area contributed by atoms with Crippen LogP contribution in [-0.4, -0.2) is 24.7 Å². The number of methoxy groups -OCH3 is 1. The minimum atomic E-state index is -0.292. The van der Waals surface area contributed by atoms with Crippen molar-refractivity contribution in [2.24, 2.45) is 5.73 Å². The van der Waals surface area contributed by atoms with Gasteiger partial charge in [0.2, 0.25) is 0 Å². The average molecular weight is 239 g/mol. The van der Waals surface area contributed by atoms with Gasteiger partial charge in [0.25, 0.3) is 0 Å². The lowest BCUT2D eigenvalue weighted by Crippen LogP contribution is -2.09. The van der Waals surface area contributed by atoms with E-state index in [4.69, 9.17) is 22.7 Å². The topological polar surface area (TPSA) is 61.5 Å². The SMILES string of the molecule is COC(=O)CCOc1ccc(C(N)=S)cc1. The van der Waals surface area contributed by atoms with Gasteiger partial charge in [-0.15, -0.1) is 0 Å². The van der Waals surface area contributed by atoms with Crippen LogP contribution < -0.4 is 10.5 Å². The van der Waals surface area contributed by atoms with Crippen LogP contribution in [0.25, 0.3) is 0 Å². The van der Waals surface area contributed by atoms with E-state index in [0.29, 0.717) is 17.3 Å². The van der Waals surface area contributed by atoms with Gasteiger partial charge in [-0.25, -0.2) is 0 Å². The third-order valence-corrected chi connectivity index (χ3v) is 2.18. The summed E-state index contributed by atoms with van der Waals surface area (Å²) in [4.78, 5) is 11.2. The maximum Gasteiger partial charge on any atom is 0.308 e. The Kier molecular flexibility index (Phi) is 4.72. The smallest absolute Gasteiger partial charge is 0.308 e. The first-order chi connectivity index (χ1) is 7.63. The van der Waals surface area contributed by atoms with Gasteiger partial charge < -0.3 is 15.2 Å². The van der Waals surface area contributed by atoms with Crippen LogP contribution in [0.4, 0.5) is 0 Å². The van der Waals surface area contributed by atoms with Gasteiger partial charge in [-0.05, 0) is 24.3 Å². The van der Waals surface area contributed by atoms with Gasteiger partial charge in [-0.1, -0.05) is 12.2 Å². The third-order valence-electron chi connectivity index (χ3n) is 1.94. The van der Waals surface area contributed by atoms with Crippen LogP contribution in [0.5, 0.6) is 5.75 Å². The lowest BCUT2D eigenvalue weighted by atomic mass is 10.2. The average Bonchev–Trinajstić information content (AvgIpc) is 2.29. The minimum absolute atomic E-state index is 0.230. The van der Waals surface area contributed by atoms with Crippen LogP contribution in [-0.2, 0) is 9.53 Å². The van der Waals surface area contributed by atoms with Gasteiger partial charge in [0, 0.05) is 5.56 Å². The minimum Gasteiger partial charge on any atom is -0.493 e. The number of hydrogen-bond acceptors (Lipinski definition) is 4. The number of carbonyl (C=O) groups is 1. The fraction of sp³-hybridized carbons (Fsp3) is 0.273. The molecule has 0 saturated heterocycles. The van der Waals surface area contributed by atoms with E-state index in [0.717, 1.165) is 5.56 Å². The molecule has 1 aromatic rings. The fourth-order valence-corrected chi connectivity index (χ4v) is 1.21. The zero-order valence-corrected chi connectivity index (χ0v) is 9.75. The number of hydrogen-bond donors (Lipinski definition) is 1. The summed E-state index contributed by atoms with van der Waals surface area (Å²) in [5.74, 6) is 0.378. The monoisotopic (exact) mass is 239 g/mol. The molecule has 1 aromatic carbocycles. The van der Waals surface area contributed by atoms with Gasteiger partial charge in [-0.2, -0.15) is 0 Å². The molecule has 0 radical (unpaired) electrons. The number of thiocarbonyl (C=S) groups is 1. The molecule has 86 valence electrons. The van der Waals surface area contributed by atoms with Gasteiger partial charge in [0.1, 0.15) is 10.7 Å². The molecule has 0 fully saturated rings. The molecule has 1 rings (SSSR count). The standard InChI is InChI=1S/C11H13NO3S/c1-14-10(13)6-7-15-9-4-2-8(3-5-9)11(12)16/h2-5H,6-7H2,1H3,(H2,12,16). The summed E-state index contributed by atoms with van der Waals surface area (Å²) in [6.07, 6.45) is 0.230. The predicted octanol–water partition coefficient (Wildman–Crippen LogP) is 1.26. The molecule has 16 heavy (non-hydrogen) atoms. The van der Waals surface area contributed by atoms with E-state index >= 15 is 0 Å². The van der Waals surface area contributed by atoms with Crippen molar-refractivity contribution in [1.82, 2.24) is 0 Å². The van der Waals surface area contributed by atoms with Crippen molar-refractivity contribution in [3.05, 3.63) is 29.8 Å². The maximum absolute atomic E-state index is 10.8. The summed E-state index contributed by atoms with van der Waals surface area (Å²) in [6.45, 7) is 0.291. The summed E-state index contributed by atoms with van der Waals surface area (Å²) >= 11 is 4.82. The second-order valence-corrected chi connectivity index (χ2v) is 3.50. The van der Waals surface area contributed by atoms with E-state index in [2.05, 4.69) is 4.74 Å². The van der Waals surface area contributed by atoms with E-state index in [1.165, 1.54) is 7.11 Å². The highest BCUT2D eigenvalue weighted by Crippen LogP contribution is 2.12.